The highest BCUT2D eigenvalue weighted by atomic mass is 31.1. The summed E-state index contributed by atoms with van der Waals surface area (Å²) in [6.07, 6.45) is 4.70. The number of aryl methyl sites for hydroxylation is 1. The van der Waals surface area contributed by atoms with Gasteiger partial charge >= 0.3 is 0 Å². The summed E-state index contributed by atoms with van der Waals surface area (Å²) in [4.78, 5) is 15.9. The number of nitrogens with one attached hydrogen (secondary N) is 3. The van der Waals surface area contributed by atoms with Gasteiger partial charge in [-0.1, -0.05) is 27.6 Å². The molecule has 1 fully saturated rings. The Morgan fingerprint density at radius 2 is 1.95 bits per heavy atom. The molecule has 0 aliphatic carbocycles. The van der Waals surface area contributed by atoms with E-state index in [1.807, 2.05) is 43.5 Å². The summed E-state index contributed by atoms with van der Waals surface area (Å²) in [7, 11) is 2.04. The van der Waals surface area contributed by atoms with Crippen LogP contribution < -0.4 is 20.8 Å². The molecule has 0 spiro atoms. The van der Waals surface area contributed by atoms with Crippen molar-refractivity contribution >= 4 is 40.0 Å². The number of benzene rings is 2. The molecule has 2 atom stereocenters. The van der Waals surface area contributed by atoms with Crippen molar-refractivity contribution in [3.05, 3.63) is 60.0 Å². The largest absolute Gasteiger partial charge is 0.370 e. The Morgan fingerprint density at radius 3 is 2.62 bits per heavy atom. The number of pyridine rings is 1. The Kier molecular flexibility index (Phi) is 8.21. The number of aromatic amines is 1. The molecule has 39 heavy (non-hydrogen) atoms. The number of fused-ring (bicyclic) bond motifs is 1. The first kappa shape index (κ1) is 27.9. The maximum atomic E-state index is 14.7. The van der Waals surface area contributed by atoms with Crippen molar-refractivity contribution in [3.8, 4) is 22.5 Å². The van der Waals surface area contributed by atoms with Crippen LogP contribution in [0.3, 0.4) is 0 Å². The van der Waals surface area contributed by atoms with Gasteiger partial charge in [0.25, 0.3) is 0 Å². The average Bonchev–Trinajstić information content (AvgIpc) is 3.31. The molecule has 1 aliphatic heterocycles. The van der Waals surface area contributed by atoms with E-state index < -0.39 is 8.07 Å². The quantitative estimate of drug-likeness (QED) is 0.188. The topological polar surface area (TPSA) is 94.9 Å². The SMILES string of the molecule is Cc1cc(F)cc(-c2cnc(NC(C)(C)CP(C)N)c(-c3nc4ccccc4[nH]3)c2N2CCC(NP)CC2)c1. The summed E-state index contributed by atoms with van der Waals surface area (Å²) in [5.41, 5.74) is 12.3. The molecule has 0 amide bonds. The molecule has 7 nitrogen and oxygen atoms in total. The third kappa shape index (κ3) is 6.25. The lowest BCUT2D eigenvalue weighted by Gasteiger charge is -2.37. The minimum Gasteiger partial charge on any atom is -0.370 e. The van der Waals surface area contributed by atoms with E-state index in [2.05, 4.69) is 50.2 Å². The van der Waals surface area contributed by atoms with Gasteiger partial charge < -0.3 is 20.7 Å². The van der Waals surface area contributed by atoms with E-state index in [9.17, 15) is 4.39 Å². The van der Waals surface area contributed by atoms with Crippen LogP contribution in [0.5, 0.6) is 0 Å². The molecule has 0 saturated carbocycles. The second-order valence-electron chi connectivity index (χ2n) is 11.2. The Morgan fingerprint density at radius 1 is 1.21 bits per heavy atom. The van der Waals surface area contributed by atoms with Crippen LogP contribution in [0.2, 0.25) is 0 Å². The molecule has 2 unspecified atom stereocenters. The van der Waals surface area contributed by atoms with Gasteiger partial charge in [0.1, 0.15) is 17.5 Å². The lowest BCUT2D eigenvalue weighted by molar-refractivity contribution is 0.479. The van der Waals surface area contributed by atoms with Crippen LogP contribution in [0.15, 0.2) is 48.7 Å². The zero-order valence-electron chi connectivity index (χ0n) is 23.1. The van der Waals surface area contributed by atoms with Crippen molar-refractivity contribution in [2.45, 2.75) is 45.2 Å². The fourth-order valence-electron chi connectivity index (χ4n) is 5.58. The number of nitrogens with zero attached hydrogens (tertiary/aromatic N) is 3. The molecule has 10 heteroatoms. The Labute approximate surface area is 233 Å². The molecule has 0 radical (unpaired) electrons. The average molecular weight is 566 g/mol. The molecule has 4 aromatic rings. The Bertz CT molecular complexity index is 1410. The molecule has 2 aromatic carbocycles. The highest BCUT2D eigenvalue weighted by Crippen LogP contribution is 2.45. The number of aromatic nitrogens is 3. The van der Waals surface area contributed by atoms with E-state index in [0.717, 1.165) is 82.7 Å². The smallest absolute Gasteiger partial charge is 0.144 e. The first-order valence-electron chi connectivity index (χ1n) is 13.3. The van der Waals surface area contributed by atoms with E-state index in [1.54, 1.807) is 12.1 Å². The fourth-order valence-corrected chi connectivity index (χ4v) is 7.24. The monoisotopic (exact) mass is 565 g/mol. The Balaban J connectivity index is 1.76. The zero-order valence-corrected chi connectivity index (χ0v) is 25.1. The predicted molar refractivity (Wildman–Crippen MR) is 167 cm³/mol. The number of piperidine rings is 1. The van der Waals surface area contributed by atoms with Crippen LogP contribution in [0.4, 0.5) is 15.9 Å². The standard InChI is InChI=1S/C29H38FN7P2/c1-18-13-19(15-20(30)14-18)22-16-32-27(35-29(2,3)17-39(4)31)25(26(22)37-11-9-21(36-38)10-12-37)28-33-23-7-5-6-8-24(23)34-28/h5-8,13-16,21,36H,9-12,17,31,38H2,1-4H3,(H,32,35)(H,33,34). The molecule has 5 rings (SSSR count). The van der Waals surface area contributed by atoms with Crippen molar-refractivity contribution < 1.29 is 4.39 Å². The number of hydrogen-bond acceptors (Lipinski definition) is 6. The summed E-state index contributed by atoms with van der Waals surface area (Å²) in [5.74, 6) is 1.23. The molecule has 5 N–H and O–H groups in total. The van der Waals surface area contributed by atoms with Crippen LogP contribution in [0, 0.1) is 12.7 Å². The van der Waals surface area contributed by atoms with Crippen molar-refractivity contribution in [2.75, 3.05) is 36.1 Å². The summed E-state index contributed by atoms with van der Waals surface area (Å²) < 4.78 is 14.7. The summed E-state index contributed by atoms with van der Waals surface area (Å²) >= 11 is 0. The van der Waals surface area contributed by atoms with Crippen molar-refractivity contribution in [2.24, 2.45) is 5.50 Å². The van der Waals surface area contributed by atoms with E-state index in [1.165, 1.54) is 0 Å². The highest BCUT2D eigenvalue weighted by molar-refractivity contribution is 7.54. The van der Waals surface area contributed by atoms with Crippen LogP contribution in [0.25, 0.3) is 33.5 Å². The third-order valence-electron chi connectivity index (χ3n) is 7.18. The molecular formula is C29H38FN7P2. The van der Waals surface area contributed by atoms with Gasteiger partial charge in [-0.05, 0) is 83.7 Å². The minimum atomic E-state index is -0.616. The van der Waals surface area contributed by atoms with Crippen LogP contribution in [-0.2, 0) is 0 Å². The minimum absolute atomic E-state index is 0.255. The molecular weight excluding hydrogens is 527 g/mol. The Hall–Kier alpha value is -2.63. The van der Waals surface area contributed by atoms with E-state index in [-0.39, 0.29) is 11.4 Å². The van der Waals surface area contributed by atoms with Gasteiger partial charge in [-0.15, -0.1) is 0 Å². The summed E-state index contributed by atoms with van der Waals surface area (Å²) in [5, 5.41) is 7.06. The van der Waals surface area contributed by atoms with Crippen molar-refractivity contribution in [3.63, 3.8) is 0 Å². The lowest BCUT2D eigenvalue weighted by atomic mass is 9.96. The van der Waals surface area contributed by atoms with E-state index in [4.69, 9.17) is 15.5 Å². The second-order valence-corrected chi connectivity index (χ2v) is 13.4. The number of nitrogens with two attached hydrogens (primary N) is 1. The van der Waals surface area contributed by atoms with Gasteiger partial charge in [-0.3, -0.25) is 5.09 Å². The number of H-pyrrole nitrogens is 1. The van der Waals surface area contributed by atoms with Gasteiger partial charge in [-0.25, -0.2) is 14.4 Å². The number of halogens is 1. The lowest BCUT2D eigenvalue weighted by Crippen LogP contribution is -2.40. The van der Waals surface area contributed by atoms with Crippen LogP contribution in [0.1, 0.15) is 32.3 Å². The molecule has 206 valence electrons. The predicted octanol–water partition coefficient (Wildman–Crippen LogP) is 6.26. The number of hydrogen-bond donors (Lipinski definition) is 4. The first-order valence-corrected chi connectivity index (χ1v) is 16.0. The van der Waals surface area contributed by atoms with Crippen LogP contribution >= 0.6 is 17.5 Å². The number of anilines is 2. The molecule has 1 saturated heterocycles. The van der Waals surface area contributed by atoms with Crippen molar-refractivity contribution in [1.82, 2.24) is 20.0 Å². The molecule has 0 bridgehead atoms. The van der Waals surface area contributed by atoms with E-state index in [0.29, 0.717) is 6.04 Å². The van der Waals surface area contributed by atoms with Crippen LogP contribution in [-0.4, -0.2) is 52.4 Å². The van der Waals surface area contributed by atoms with Gasteiger partial charge in [0.05, 0.1) is 22.3 Å². The molecule has 3 heterocycles. The molecule has 2 aromatic heterocycles. The van der Waals surface area contributed by atoms with Gasteiger partial charge in [0, 0.05) is 42.6 Å². The van der Waals surface area contributed by atoms with Crippen molar-refractivity contribution in [1.29, 1.82) is 0 Å². The second kappa shape index (κ2) is 11.5. The number of para-hydroxylation sites is 2. The number of rotatable bonds is 8. The first-order chi connectivity index (χ1) is 18.6. The zero-order chi connectivity index (χ0) is 27.7. The molecule has 1 aliphatic rings. The van der Waals surface area contributed by atoms with E-state index >= 15 is 0 Å². The summed E-state index contributed by atoms with van der Waals surface area (Å²) in [6, 6.07) is 13.7. The normalized spacial score (nSPS) is 15.6. The maximum absolute atomic E-state index is 14.7. The van der Waals surface area contributed by atoms with Gasteiger partial charge in [0.2, 0.25) is 0 Å². The highest BCUT2D eigenvalue weighted by Gasteiger charge is 2.30. The fraction of sp³-hybridized carbons (Fsp3) is 0.379. The summed E-state index contributed by atoms with van der Waals surface area (Å²) in [6.45, 7) is 10.0. The third-order valence-corrected chi connectivity index (χ3v) is 8.94. The maximum Gasteiger partial charge on any atom is 0.144 e. The van der Waals surface area contributed by atoms with Gasteiger partial charge in [0.15, 0.2) is 0 Å². The van der Waals surface area contributed by atoms with Gasteiger partial charge in [-0.2, -0.15) is 0 Å². The number of imidazole rings is 1.